The molecular formula is C42H76N14O13S. The molecule has 0 rings (SSSR count). The fraction of sp³-hybridized carbons (Fsp3) is 0.714. The van der Waals surface area contributed by atoms with Crippen LogP contribution in [-0.4, -0.2) is 169 Å². The van der Waals surface area contributed by atoms with Crippen LogP contribution in [0.4, 0.5) is 0 Å². The first kappa shape index (κ1) is 63.9. The van der Waals surface area contributed by atoms with Crippen molar-refractivity contribution in [2.45, 2.75) is 129 Å². The van der Waals surface area contributed by atoms with Crippen molar-refractivity contribution in [3.05, 3.63) is 0 Å². The fourth-order valence-electron chi connectivity index (χ4n) is 6.38. The first-order valence-corrected chi connectivity index (χ1v) is 23.9. The van der Waals surface area contributed by atoms with E-state index in [1.807, 2.05) is 0 Å². The van der Waals surface area contributed by atoms with Crippen LogP contribution in [-0.2, 0) is 57.5 Å². The summed E-state index contributed by atoms with van der Waals surface area (Å²) in [5, 5.41) is 34.5. The molecule has 28 heteroatoms. The molecule has 0 bridgehead atoms. The summed E-state index contributed by atoms with van der Waals surface area (Å²) in [7, 11) is 1.35. The van der Waals surface area contributed by atoms with Gasteiger partial charge in [-0.2, -0.15) is 0 Å². The maximum Gasteiger partial charge on any atom is 0.245 e. The Morgan fingerprint density at radius 2 is 1.03 bits per heavy atom. The molecule has 0 aliphatic rings. The third-order valence-electron chi connectivity index (χ3n) is 9.89. The second-order valence-corrected chi connectivity index (χ2v) is 18.5. The van der Waals surface area contributed by atoms with E-state index in [1.165, 1.54) is 14.0 Å². The van der Waals surface area contributed by atoms with Crippen LogP contribution in [0.2, 0.25) is 0 Å². The van der Waals surface area contributed by atoms with Crippen molar-refractivity contribution in [2.75, 3.05) is 44.8 Å². The average molecular weight is 1020 g/mol. The van der Waals surface area contributed by atoms with Gasteiger partial charge in [-0.3, -0.25) is 57.5 Å². The number of thioether (sulfide) groups is 1. The molecule has 398 valence electrons. The molecule has 0 aromatic heterocycles. The van der Waals surface area contributed by atoms with Crippen molar-refractivity contribution >= 4 is 82.6 Å². The first-order chi connectivity index (χ1) is 32.7. The lowest BCUT2D eigenvalue weighted by atomic mass is 9.99. The van der Waals surface area contributed by atoms with Crippen molar-refractivity contribution in [3.8, 4) is 0 Å². The zero-order valence-corrected chi connectivity index (χ0v) is 42.0. The predicted octanol–water partition coefficient (Wildman–Crippen LogP) is -6.72. The van der Waals surface area contributed by atoms with E-state index in [0.29, 0.717) is 6.42 Å². The lowest BCUT2D eigenvalue weighted by Crippen LogP contribution is -2.61. The minimum absolute atomic E-state index is 0.0250. The normalized spacial score (nSPS) is 14.5. The number of aliphatic hydroxyl groups is 1. The average Bonchev–Trinajstić information content (AvgIpc) is 3.27. The summed E-state index contributed by atoms with van der Waals surface area (Å²) in [5.41, 5.74) is 21.7. The van der Waals surface area contributed by atoms with Gasteiger partial charge in [0.05, 0.1) is 25.3 Å². The summed E-state index contributed by atoms with van der Waals surface area (Å²) in [4.78, 5) is 155. The number of amides is 12. The minimum atomic E-state index is -1.72. The minimum Gasteiger partial charge on any atom is -0.394 e. The van der Waals surface area contributed by atoms with Crippen LogP contribution >= 0.6 is 11.8 Å². The summed E-state index contributed by atoms with van der Waals surface area (Å²) in [5.74, 6) is -11.7. The molecule has 0 aromatic carbocycles. The van der Waals surface area contributed by atoms with Gasteiger partial charge in [0, 0.05) is 26.3 Å². The summed E-state index contributed by atoms with van der Waals surface area (Å²) >= 11 is 0.845. The summed E-state index contributed by atoms with van der Waals surface area (Å²) < 4.78 is 0. The number of likely N-dealkylation sites (N-methyl/N-ethyl adjacent to an activating group) is 1. The predicted molar refractivity (Wildman–Crippen MR) is 257 cm³/mol. The number of rotatable bonds is 34. The highest BCUT2D eigenvalue weighted by Crippen LogP contribution is 2.12. The van der Waals surface area contributed by atoms with E-state index >= 15 is 0 Å². The maximum absolute atomic E-state index is 13.9. The van der Waals surface area contributed by atoms with Gasteiger partial charge in [-0.25, -0.2) is 0 Å². The van der Waals surface area contributed by atoms with E-state index in [2.05, 4.69) is 53.2 Å². The van der Waals surface area contributed by atoms with Crippen LogP contribution in [0.1, 0.15) is 80.6 Å². The summed E-state index contributed by atoms with van der Waals surface area (Å²) in [6, 6.07) is -10.9. The van der Waals surface area contributed by atoms with E-state index in [0.717, 1.165) is 11.8 Å². The monoisotopic (exact) mass is 1020 g/mol. The molecule has 0 spiro atoms. The van der Waals surface area contributed by atoms with E-state index in [9.17, 15) is 62.6 Å². The van der Waals surface area contributed by atoms with E-state index in [4.69, 9.17) is 22.9 Å². The second kappa shape index (κ2) is 33.4. The van der Waals surface area contributed by atoms with Crippen LogP contribution in [0.5, 0.6) is 0 Å². The zero-order chi connectivity index (χ0) is 53.8. The standard InChI is InChI=1S/C42H76N14O13S/c1-20(2)12-25(51-37(64)24(10-9-11-43)49-23(7)58)38(65)53-27(14-31(45)59)39(66)52-26(13-21(3)4)40(67)56-34(22(5)6)42(69)54-29(17-57)41(68)55-30(36(63)48-16-32(46)60)18-70-19-33(61)50-28(15-44)35(62)47-8/h20-22,24-30,34,57H,9-19,43-44H2,1-8H3,(H2,45,59)(H2,46,60)(H,47,62)(H,48,63)(H,49,58)(H,50,61)(H,51,64)(H,52,66)(H,53,65)(H,54,69)(H,55,68)(H,56,67)/t24-,25+,26-,27-,28-,29-,30-,34-/m0/s1. The quantitative estimate of drug-likeness (QED) is 0.0285. The van der Waals surface area contributed by atoms with E-state index < -0.39 is 145 Å². The van der Waals surface area contributed by atoms with Crippen LogP contribution < -0.4 is 76.1 Å². The molecule has 0 radical (unpaired) electrons. The van der Waals surface area contributed by atoms with Crippen molar-refractivity contribution in [1.82, 2.24) is 53.2 Å². The van der Waals surface area contributed by atoms with Gasteiger partial charge >= 0.3 is 0 Å². The van der Waals surface area contributed by atoms with Gasteiger partial charge in [0.1, 0.15) is 48.3 Å². The van der Waals surface area contributed by atoms with Gasteiger partial charge in [0.15, 0.2) is 0 Å². The third-order valence-corrected chi connectivity index (χ3v) is 10.9. The molecule has 0 aliphatic carbocycles. The molecule has 70 heavy (non-hydrogen) atoms. The molecular weight excluding hydrogens is 941 g/mol. The Kier molecular flexibility index (Phi) is 30.5. The fourth-order valence-corrected chi connectivity index (χ4v) is 7.23. The van der Waals surface area contributed by atoms with Gasteiger partial charge in [-0.05, 0) is 50.0 Å². The first-order valence-electron chi connectivity index (χ1n) is 22.7. The molecule has 19 N–H and O–H groups in total. The number of nitrogens with one attached hydrogen (secondary N) is 10. The Morgan fingerprint density at radius 1 is 0.543 bits per heavy atom. The van der Waals surface area contributed by atoms with Gasteiger partial charge in [0.25, 0.3) is 0 Å². The van der Waals surface area contributed by atoms with Gasteiger partial charge in [0.2, 0.25) is 70.9 Å². The van der Waals surface area contributed by atoms with Crippen molar-refractivity contribution in [2.24, 2.45) is 40.7 Å². The molecule has 12 amide bonds. The largest absolute Gasteiger partial charge is 0.394 e. The molecule has 8 atom stereocenters. The van der Waals surface area contributed by atoms with Crippen LogP contribution in [0.25, 0.3) is 0 Å². The highest BCUT2D eigenvalue weighted by atomic mass is 32.2. The Labute approximate surface area is 411 Å². The SMILES string of the molecule is CNC(=O)[C@H](CN)NC(=O)CSC[C@H](NC(=O)[C@H](CO)NC(=O)[C@@H](NC(=O)[C@H](CC(C)C)NC(=O)[C@H](CC(N)=O)NC(=O)[C@@H](CC(C)C)NC(=O)[C@H](CCCN)NC(C)=O)C(C)C)C(=O)NCC(N)=O. The Hall–Kier alpha value is -6.13. The highest BCUT2D eigenvalue weighted by molar-refractivity contribution is 8.00. The molecule has 0 unspecified atom stereocenters. The number of carbonyl (C=O) groups excluding carboxylic acids is 12. The summed E-state index contributed by atoms with van der Waals surface area (Å²) in [6.07, 6.45) is -0.121. The van der Waals surface area contributed by atoms with Crippen molar-refractivity contribution in [3.63, 3.8) is 0 Å². The maximum atomic E-state index is 13.9. The number of nitrogens with two attached hydrogens (primary N) is 4. The Morgan fingerprint density at radius 3 is 1.49 bits per heavy atom. The number of aliphatic hydroxyl groups excluding tert-OH is 1. The number of hydrogen-bond donors (Lipinski definition) is 15. The smallest absolute Gasteiger partial charge is 0.245 e. The van der Waals surface area contributed by atoms with Crippen molar-refractivity contribution < 1.29 is 62.6 Å². The lowest BCUT2D eigenvalue weighted by Gasteiger charge is -2.29. The number of primary amides is 2. The molecule has 27 nitrogen and oxygen atoms in total. The lowest BCUT2D eigenvalue weighted by molar-refractivity contribution is -0.137. The number of hydrogen-bond acceptors (Lipinski definition) is 16. The summed E-state index contributed by atoms with van der Waals surface area (Å²) in [6.45, 7) is 9.72. The Bertz CT molecular complexity index is 1820. The molecule has 0 saturated heterocycles. The van der Waals surface area contributed by atoms with Gasteiger partial charge in [-0.15, -0.1) is 11.8 Å². The molecule has 0 saturated carbocycles. The highest BCUT2D eigenvalue weighted by Gasteiger charge is 2.36. The van der Waals surface area contributed by atoms with E-state index in [1.54, 1.807) is 41.5 Å². The van der Waals surface area contributed by atoms with Crippen LogP contribution in [0, 0.1) is 17.8 Å². The molecule has 0 aliphatic heterocycles. The Balaban J connectivity index is 6.33. The zero-order valence-electron chi connectivity index (χ0n) is 41.2. The third kappa shape index (κ3) is 25.5. The second-order valence-electron chi connectivity index (χ2n) is 17.5. The topological polar surface area (TPSA) is 449 Å². The van der Waals surface area contributed by atoms with Crippen LogP contribution in [0.15, 0.2) is 0 Å². The molecule has 0 heterocycles. The van der Waals surface area contributed by atoms with Gasteiger partial charge < -0.3 is 81.2 Å². The van der Waals surface area contributed by atoms with Crippen molar-refractivity contribution in [1.29, 1.82) is 0 Å². The van der Waals surface area contributed by atoms with Crippen LogP contribution in [0.3, 0.4) is 0 Å². The molecule has 0 aromatic rings. The number of carbonyl (C=O) groups is 12. The molecule has 0 fully saturated rings. The van der Waals surface area contributed by atoms with E-state index in [-0.39, 0.29) is 55.7 Å². The van der Waals surface area contributed by atoms with Gasteiger partial charge in [-0.1, -0.05) is 41.5 Å².